The number of benzene rings is 2. The Morgan fingerprint density at radius 1 is 1.10 bits per heavy atom. The number of halogens is 1. The molecule has 0 atom stereocenters. The Kier molecular flexibility index (Phi) is 6.68. The molecule has 1 saturated carbocycles. The molecule has 1 fully saturated rings. The van der Waals surface area contributed by atoms with Crippen molar-refractivity contribution in [1.29, 1.82) is 0 Å². The normalized spacial score (nSPS) is 15.4. The van der Waals surface area contributed by atoms with Gasteiger partial charge in [-0.05, 0) is 48.2 Å². The van der Waals surface area contributed by atoms with Crippen LogP contribution in [0.5, 0.6) is 0 Å². The molecular weight excluding hydrogens is 430 g/mol. The highest BCUT2D eigenvalue weighted by atomic mass is 35.5. The number of carbonyl (C=O) groups excluding carboxylic acids is 1. The quantitative estimate of drug-likeness (QED) is 0.425. The fourth-order valence-electron chi connectivity index (χ4n) is 4.12. The summed E-state index contributed by atoms with van der Waals surface area (Å²) in [6.07, 6.45) is 4.13. The predicted octanol–water partition coefficient (Wildman–Crippen LogP) is 6.26. The van der Waals surface area contributed by atoms with Gasteiger partial charge in [0, 0.05) is 15.2 Å². The van der Waals surface area contributed by atoms with Gasteiger partial charge in [0.25, 0.3) is 0 Å². The summed E-state index contributed by atoms with van der Waals surface area (Å²) in [5, 5.41) is 12.2. The molecule has 1 aliphatic carbocycles. The summed E-state index contributed by atoms with van der Waals surface area (Å²) in [7, 11) is 0. The zero-order chi connectivity index (χ0) is 21.8. The van der Waals surface area contributed by atoms with E-state index in [1.54, 1.807) is 0 Å². The summed E-state index contributed by atoms with van der Waals surface area (Å²) in [5.41, 5.74) is 1.48. The van der Waals surface area contributed by atoms with Gasteiger partial charge < -0.3 is 4.42 Å². The molecule has 4 rings (SSSR count). The van der Waals surface area contributed by atoms with Gasteiger partial charge in [-0.1, -0.05) is 67.7 Å². The van der Waals surface area contributed by atoms with Crippen molar-refractivity contribution in [2.75, 3.05) is 5.32 Å². The van der Waals surface area contributed by atoms with E-state index in [1.165, 1.54) is 4.90 Å². The smallest absolute Gasteiger partial charge is 0.322 e. The van der Waals surface area contributed by atoms with Crippen LogP contribution in [-0.2, 0) is 16.6 Å². The molecule has 1 heterocycles. The molecular formula is C24H26ClN3O2S. The van der Waals surface area contributed by atoms with E-state index in [4.69, 9.17) is 16.0 Å². The first-order valence-electron chi connectivity index (χ1n) is 10.6. The lowest BCUT2D eigenvalue weighted by Gasteiger charge is -2.27. The summed E-state index contributed by atoms with van der Waals surface area (Å²) in [6.45, 7) is 4.35. The van der Waals surface area contributed by atoms with Crippen LogP contribution in [0.2, 0.25) is 5.02 Å². The molecule has 1 aliphatic rings. The second-order valence-electron chi connectivity index (χ2n) is 8.24. The average molecular weight is 456 g/mol. The third-order valence-corrected chi connectivity index (χ3v) is 6.89. The largest absolute Gasteiger partial charge is 0.407 e. The Balaban J connectivity index is 1.44. The van der Waals surface area contributed by atoms with Crippen LogP contribution >= 0.6 is 23.4 Å². The Hall–Kier alpha value is -2.31. The number of carbonyl (C=O) groups is 1. The molecule has 3 aromatic rings. The summed E-state index contributed by atoms with van der Waals surface area (Å²) in [4.78, 5) is 14.5. The fraction of sp³-hybridized carbons (Fsp3) is 0.375. The summed E-state index contributed by atoms with van der Waals surface area (Å²) in [5.74, 6) is 0.379. The first kappa shape index (κ1) is 21.9. The van der Waals surface area contributed by atoms with Gasteiger partial charge >= 0.3 is 6.01 Å². The zero-order valence-corrected chi connectivity index (χ0v) is 19.3. The highest BCUT2D eigenvalue weighted by Gasteiger charge is 2.43. The van der Waals surface area contributed by atoms with E-state index in [0.29, 0.717) is 22.6 Å². The SMILES string of the molecule is CC(C)Sc1ccc(Cc2nnc(NC(=O)C3(c4ccc(Cl)cc4)CCCC3)o2)cc1. The number of nitrogens with one attached hydrogen (secondary N) is 1. The van der Waals surface area contributed by atoms with E-state index in [2.05, 4.69) is 53.6 Å². The van der Waals surface area contributed by atoms with Crippen molar-refractivity contribution >= 4 is 35.3 Å². The Labute approximate surface area is 192 Å². The molecule has 0 aliphatic heterocycles. The lowest BCUT2D eigenvalue weighted by molar-refractivity contribution is -0.121. The van der Waals surface area contributed by atoms with Crippen molar-refractivity contribution in [3.05, 3.63) is 70.6 Å². The first-order chi connectivity index (χ1) is 14.9. The number of anilines is 1. The van der Waals surface area contributed by atoms with Gasteiger partial charge in [0.2, 0.25) is 11.8 Å². The Morgan fingerprint density at radius 3 is 2.42 bits per heavy atom. The van der Waals surface area contributed by atoms with Crippen LogP contribution < -0.4 is 5.32 Å². The predicted molar refractivity (Wildman–Crippen MR) is 125 cm³/mol. The highest BCUT2D eigenvalue weighted by molar-refractivity contribution is 7.99. The van der Waals surface area contributed by atoms with Crippen molar-refractivity contribution in [3.63, 3.8) is 0 Å². The molecule has 7 heteroatoms. The van der Waals surface area contributed by atoms with Crippen LogP contribution in [0.3, 0.4) is 0 Å². The molecule has 1 aromatic heterocycles. The van der Waals surface area contributed by atoms with E-state index >= 15 is 0 Å². The van der Waals surface area contributed by atoms with Crippen molar-refractivity contribution in [2.24, 2.45) is 0 Å². The maximum atomic E-state index is 13.2. The van der Waals surface area contributed by atoms with E-state index in [1.807, 2.05) is 36.0 Å². The molecule has 0 saturated heterocycles. The molecule has 31 heavy (non-hydrogen) atoms. The number of amides is 1. The first-order valence-corrected chi connectivity index (χ1v) is 11.9. The van der Waals surface area contributed by atoms with Crippen LogP contribution in [0.1, 0.15) is 56.5 Å². The fourth-order valence-corrected chi connectivity index (χ4v) is 5.08. The summed E-state index contributed by atoms with van der Waals surface area (Å²) < 4.78 is 5.73. The van der Waals surface area contributed by atoms with E-state index in [9.17, 15) is 4.79 Å². The van der Waals surface area contributed by atoms with Crippen molar-refractivity contribution in [2.45, 2.75) is 61.5 Å². The minimum Gasteiger partial charge on any atom is -0.407 e. The third kappa shape index (κ3) is 5.13. The van der Waals surface area contributed by atoms with Gasteiger partial charge in [-0.15, -0.1) is 16.9 Å². The van der Waals surface area contributed by atoms with Crippen LogP contribution in [0.4, 0.5) is 6.01 Å². The van der Waals surface area contributed by atoms with Crippen LogP contribution in [0.25, 0.3) is 0 Å². The molecule has 1 amide bonds. The second-order valence-corrected chi connectivity index (χ2v) is 10.3. The van der Waals surface area contributed by atoms with Crippen LogP contribution in [-0.4, -0.2) is 21.4 Å². The molecule has 0 radical (unpaired) electrons. The van der Waals surface area contributed by atoms with Gasteiger partial charge in [-0.2, -0.15) is 0 Å². The molecule has 0 spiro atoms. The lowest BCUT2D eigenvalue weighted by atomic mass is 9.78. The molecule has 0 unspecified atom stereocenters. The van der Waals surface area contributed by atoms with Gasteiger partial charge in [0.15, 0.2) is 0 Å². The number of hydrogen-bond acceptors (Lipinski definition) is 5. The van der Waals surface area contributed by atoms with Crippen molar-refractivity contribution in [1.82, 2.24) is 10.2 Å². The molecule has 1 N–H and O–H groups in total. The third-order valence-electron chi connectivity index (χ3n) is 5.63. The number of hydrogen-bond donors (Lipinski definition) is 1. The van der Waals surface area contributed by atoms with Gasteiger partial charge in [0.1, 0.15) is 0 Å². The number of nitrogens with zero attached hydrogens (tertiary/aromatic N) is 2. The maximum Gasteiger partial charge on any atom is 0.322 e. The molecule has 5 nitrogen and oxygen atoms in total. The van der Waals surface area contributed by atoms with Crippen molar-refractivity contribution in [3.8, 4) is 0 Å². The standard InChI is InChI=1S/C24H26ClN3O2S/c1-16(2)31-20-11-5-17(6-12-20)15-21-27-28-23(30-21)26-22(29)24(13-3-4-14-24)18-7-9-19(25)10-8-18/h5-12,16H,3-4,13-15H2,1-2H3,(H,26,28,29). The Morgan fingerprint density at radius 2 is 1.77 bits per heavy atom. The van der Waals surface area contributed by atoms with E-state index < -0.39 is 5.41 Å². The second kappa shape index (κ2) is 9.45. The Bertz CT molecular complexity index is 1030. The zero-order valence-electron chi connectivity index (χ0n) is 17.7. The average Bonchev–Trinajstić information content (AvgIpc) is 3.40. The van der Waals surface area contributed by atoms with Gasteiger partial charge in [-0.25, -0.2) is 0 Å². The molecule has 2 aromatic carbocycles. The number of rotatable bonds is 7. The minimum atomic E-state index is -0.580. The van der Waals surface area contributed by atoms with Gasteiger partial charge in [-0.3, -0.25) is 10.1 Å². The molecule has 162 valence electrons. The van der Waals surface area contributed by atoms with Crippen LogP contribution in [0, 0.1) is 0 Å². The number of thioether (sulfide) groups is 1. The number of aromatic nitrogens is 2. The van der Waals surface area contributed by atoms with Gasteiger partial charge in [0.05, 0.1) is 11.8 Å². The van der Waals surface area contributed by atoms with E-state index in [0.717, 1.165) is 36.8 Å². The highest BCUT2D eigenvalue weighted by Crippen LogP contribution is 2.42. The summed E-state index contributed by atoms with van der Waals surface area (Å²) >= 11 is 7.87. The topological polar surface area (TPSA) is 68.0 Å². The molecule has 0 bridgehead atoms. The van der Waals surface area contributed by atoms with Crippen molar-refractivity contribution < 1.29 is 9.21 Å². The lowest BCUT2D eigenvalue weighted by Crippen LogP contribution is -2.38. The maximum absolute atomic E-state index is 13.2. The minimum absolute atomic E-state index is 0.0995. The monoisotopic (exact) mass is 455 g/mol. The summed E-state index contributed by atoms with van der Waals surface area (Å²) in [6, 6.07) is 16.0. The van der Waals surface area contributed by atoms with Crippen LogP contribution in [0.15, 0.2) is 57.8 Å². The van der Waals surface area contributed by atoms with E-state index in [-0.39, 0.29) is 11.9 Å².